The van der Waals surface area contributed by atoms with E-state index in [0.29, 0.717) is 12.8 Å². The Balaban J connectivity index is 4.39. The third kappa shape index (κ3) is 28.2. The lowest BCUT2D eigenvalue weighted by Crippen LogP contribution is -2.46. The van der Waals surface area contributed by atoms with Gasteiger partial charge in [-0.1, -0.05) is 115 Å². The number of aliphatic hydroxyl groups excluding tert-OH is 2. The summed E-state index contributed by atoms with van der Waals surface area (Å²) in [5.74, 6) is -0.468. The summed E-state index contributed by atoms with van der Waals surface area (Å²) in [4.78, 5) is 22.5. The van der Waals surface area contributed by atoms with E-state index in [2.05, 4.69) is 43.5 Å². The van der Waals surface area contributed by atoms with Crippen molar-refractivity contribution in [2.24, 2.45) is 5.73 Å². The maximum absolute atomic E-state index is 12.6. The third-order valence-electron chi connectivity index (χ3n) is 7.22. The highest BCUT2D eigenvalue weighted by molar-refractivity contribution is 7.47. The summed E-state index contributed by atoms with van der Waals surface area (Å²) in [6, 6.07) is -0.997. The lowest BCUT2D eigenvalue weighted by molar-refractivity contribution is -0.124. The molecule has 0 radical (unpaired) electrons. The van der Waals surface area contributed by atoms with Crippen molar-refractivity contribution in [3.05, 3.63) is 36.5 Å². The molecule has 1 amide bonds. The predicted molar refractivity (Wildman–Crippen MR) is 181 cm³/mol. The van der Waals surface area contributed by atoms with Crippen molar-refractivity contribution in [1.29, 1.82) is 0 Å². The number of allylic oxidation sites excluding steroid dienone is 5. The smallest absolute Gasteiger partial charge is 0.393 e. The third-order valence-corrected chi connectivity index (χ3v) is 8.21. The Morgan fingerprint density at radius 1 is 0.773 bits per heavy atom. The van der Waals surface area contributed by atoms with E-state index in [1.54, 1.807) is 6.08 Å². The summed E-state index contributed by atoms with van der Waals surface area (Å²) in [5, 5.41) is 23.7. The first-order valence-electron chi connectivity index (χ1n) is 17.2. The summed E-state index contributed by atoms with van der Waals surface area (Å²) < 4.78 is 21.8. The van der Waals surface area contributed by atoms with Crippen LogP contribution < -0.4 is 11.1 Å². The van der Waals surface area contributed by atoms with E-state index in [0.717, 1.165) is 51.4 Å². The first-order valence-corrected chi connectivity index (χ1v) is 18.7. The van der Waals surface area contributed by atoms with E-state index in [4.69, 9.17) is 14.8 Å². The number of amides is 1. The van der Waals surface area contributed by atoms with Gasteiger partial charge in [-0.3, -0.25) is 13.8 Å². The van der Waals surface area contributed by atoms with Crippen LogP contribution in [0, 0.1) is 0 Å². The number of nitrogens with two attached hydrogens (primary N) is 1. The summed E-state index contributed by atoms with van der Waals surface area (Å²) in [5.41, 5.74) is 5.31. The van der Waals surface area contributed by atoms with Crippen LogP contribution in [0.5, 0.6) is 0 Å². The summed E-state index contributed by atoms with van der Waals surface area (Å²) in [6.07, 6.45) is 29.8. The second-order valence-corrected chi connectivity index (χ2v) is 13.0. The molecule has 0 aliphatic heterocycles. The molecular weight excluding hydrogens is 579 g/mol. The maximum atomic E-state index is 12.6. The monoisotopic (exact) mass is 644 g/mol. The van der Waals surface area contributed by atoms with Crippen molar-refractivity contribution < 1.29 is 33.5 Å². The zero-order valence-electron chi connectivity index (χ0n) is 27.8. The predicted octanol–water partition coefficient (Wildman–Crippen LogP) is 7.41. The van der Waals surface area contributed by atoms with Gasteiger partial charge in [0.1, 0.15) is 0 Å². The van der Waals surface area contributed by atoms with E-state index in [-0.39, 0.29) is 19.6 Å². The molecule has 0 bridgehead atoms. The molecule has 0 aliphatic carbocycles. The molecule has 258 valence electrons. The molecule has 0 heterocycles. The molecule has 0 spiro atoms. The van der Waals surface area contributed by atoms with E-state index >= 15 is 0 Å². The highest BCUT2D eigenvalue weighted by Gasteiger charge is 2.27. The molecule has 4 unspecified atom stereocenters. The largest absolute Gasteiger partial charge is 0.472 e. The molecule has 4 atom stereocenters. The standard InChI is InChI=1S/C34H65N2O7P/c1-3-5-7-9-11-12-13-14-15-16-17-18-20-21-23-25-31(37)29-34(39)36-32(30-43-44(40,41)42-28-27-35)33(38)26-24-22-19-10-8-6-4-2/h8,10,14-15,24,26,31-33,37-38H,3-7,9,11-13,16-23,25,27-30,35H2,1-2H3,(H,36,39)(H,40,41)/b10-8+,15-14-,26-24+. The van der Waals surface area contributed by atoms with Gasteiger partial charge in [-0.2, -0.15) is 0 Å². The lowest BCUT2D eigenvalue weighted by atomic mass is 10.0. The van der Waals surface area contributed by atoms with E-state index < -0.39 is 38.6 Å². The number of carbonyl (C=O) groups is 1. The van der Waals surface area contributed by atoms with Crippen LogP contribution in [-0.2, 0) is 18.4 Å². The van der Waals surface area contributed by atoms with Gasteiger partial charge in [0, 0.05) is 6.54 Å². The fraction of sp³-hybridized carbons (Fsp3) is 0.794. The number of hydrogen-bond acceptors (Lipinski definition) is 7. The number of unbranched alkanes of at least 4 members (excludes halogenated alkanes) is 13. The van der Waals surface area contributed by atoms with Crippen molar-refractivity contribution in [1.82, 2.24) is 5.32 Å². The minimum absolute atomic E-state index is 0.0424. The fourth-order valence-electron chi connectivity index (χ4n) is 4.60. The molecule has 44 heavy (non-hydrogen) atoms. The van der Waals surface area contributed by atoms with Crippen LogP contribution in [-0.4, -0.2) is 59.0 Å². The Kier molecular flexibility index (Phi) is 29.4. The second kappa shape index (κ2) is 30.3. The molecule has 0 aliphatic rings. The zero-order chi connectivity index (χ0) is 32.7. The molecule has 0 saturated carbocycles. The minimum Gasteiger partial charge on any atom is -0.393 e. The Bertz CT molecular complexity index is 806. The van der Waals surface area contributed by atoms with E-state index in [1.807, 2.05) is 0 Å². The van der Waals surface area contributed by atoms with Crippen LogP contribution in [0.15, 0.2) is 36.5 Å². The summed E-state index contributed by atoms with van der Waals surface area (Å²) in [6.45, 7) is 3.79. The highest BCUT2D eigenvalue weighted by atomic mass is 31.2. The number of phosphoric acid groups is 1. The number of hydrogen-bond donors (Lipinski definition) is 5. The van der Waals surface area contributed by atoms with Crippen molar-refractivity contribution in [2.75, 3.05) is 19.8 Å². The molecule has 6 N–H and O–H groups in total. The van der Waals surface area contributed by atoms with Crippen molar-refractivity contribution in [2.45, 2.75) is 154 Å². The van der Waals surface area contributed by atoms with Gasteiger partial charge in [0.05, 0.1) is 37.9 Å². The molecule has 0 aromatic carbocycles. The summed E-state index contributed by atoms with van der Waals surface area (Å²) >= 11 is 0. The van der Waals surface area contributed by atoms with Gasteiger partial charge in [0.2, 0.25) is 5.91 Å². The number of rotatable bonds is 31. The number of phosphoric ester groups is 1. The van der Waals surface area contributed by atoms with Crippen molar-refractivity contribution in [3.8, 4) is 0 Å². The van der Waals surface area contributed by atoms with Gasteiger partial charge >= 0.3 is 7.82 Å². The lowest BCUT2D eigenvalue weighted by Gasteiger charge is -2.24. The van der Waals surface area contributed by atoms with Crippen molar-refractivity contribution >= 4 is 13.7 Å². The Morgan fingerprint density at radius 2 is 1.34 bits per heavy atom. The molecule has 0 aromatic heterocycles. The van der Waals surface area contributed by atoms with Crippen LogP contribution in [0.3, 0.4) is 0 Å². The van der Waals surface area contributed by atoms with Gasteiger partial charge in [-0.05, 0) is 51.4 Å². The van der Waals surface area contributed by atoms with Gasteiger partial charge in [0.25, 0.3) is 0 Å². The average Bonchev–Trinajstić information content (AvgIpc) is 2.99. The van der Waals surface area contributed by atoms with E-state index in [1.165, 1.54) is 57.4 Å². The minimum atomic E-state index is -4.39. The van der Waals surface area contributed by atoms with Crippen LogP contribution in [0.4, 0.5) is 0 Å². The second-order valence-electron chi connectivity index (χ2n) is 11.5. The topological polar surface area (TPSA) is 151 Å². The first-order chi connectivity index (χ1) is 21.3. The average molecular weight is 645 g/mol. The maximum Gasteiger partial charge on any atom is 0.472 e. The van der Waals surface area contributed by atoms with Gasteiger partial charge in [-0.25, -0.2) is 4.57 Å². The Morgan fingerprint density at radius 3 is 1.98 bits per heavy atom. The zero-order valence-corrected chi connectivity index (χ0v) is 28.6. The van der Waals surface area contributed by atoms with Gasteiger partial charge in [0.15, 0.2) is 0 Å². The van der Waals surface area contributed by atoms with E-state index in [9.17, 15) is 24.5 Å². The van der Waals surface area contributed by atoms with Crippen LogP contribution in [0.1, 0.15) is 136 Å². The fourth-order valence-corrected chi connectivity index (χ4v) is 5.36. The van der Waals surface area contributed by atoms with Crippen LogP contribution >= 0.6 is 7.82 Å². The van der Waals surface area contributed by atoms with Crippen LogP contribution in [0.2, 0.25) is 0 Å². The first kappa shape index (κ1) is 42.7. The normalized spacial score (nSPS) is 15.7. The molecule has 9 nitrogen and oxygen atoms in total. The quantitative estimate of drug-likeness (QED) is 0.0297. The molecule has 0 aromatic rings. The number of carbonyl (C=O) groups excluding carboxylic acids is 1. The van der Waals surface area contributed by atoms with Crippen molar-refractivity contribution in [3.63, 3.8) is 0 Å². The highest BCUT2D eigenvalue weighted by Crippen LogP contribution is 2.43. The SMILES string of the molecule is CCC/C=C/CC/C=C/C(O)C(COP(=O)(O)OCCN)NC(=O)CC(O)CCCCCCC/C=C\CCCCCCCC. The van der Waals surface area contributed by atoms with Gasteiger partial charge < -0.3 is 26.2 Å². The number of nitrogens with one attached hydrogen (secondary N) is 1. The Hall–Kier alpha value is -1.32. The van der Waals surface area contributed by atoms with Gasteiger partial charge in [-0.15, -0.1) is 0 Å². The Labute approximate surface area is 268 Å². The molecular formula is C34H65N2O7P. The van der Waals surface area contributed by atoms with Crippen LogP contribution in [0.25, 0.3) is 0 Å². The molecule has 10 heteroatoms. The molecule has 0 fully saturated rings. The summed E-state index contributed by atoms with van der Waals surface area (Å²) in [7, 11) is -4.39. The molecule has 0 rings (SSSR count). The molecule has 0 saturated heterocycles. The number of aliphatic hydroxyl groups is 2.